The lowest BCUT2D eigenvalue weighted by Gasteiger charge is -2.21. The summed E-state index contributed by atoms with van der Waals surface area (Å²) in [4.78, 5) is 14.5. The molecule has 0 aliphatic rings. The van der Waals surface area contributed by atoms with Gasteiger partial charge in [-0.2, -0.15) is 31.6 Å². The molecule has 1 aromatic heterocycles. The molecule has 0 aliphatic heterocycles. The summed E-state index contributed by atoms with van der Waals surface area (Å²) in [5.41, 5.74) is 0.0335. The van der Waals surface area contributed by atoms with Crippen LogP contribution in [0.5, 0.6) is 0 Å². The molecule has 4 nitrogen and oxygen atoms in total. The summed E-state index contributed by atoms with van der Waals surface area (Å²) in [6.45, 7) is 0. The summed E-state index contributed by atoms with van der Waals surface area (Å²) in [6.07, 6.45) is -10.6. The van der Waals surface area contributed by atoms with Gasteiger partial charge in [0.1, 0.15) is 11.9 Å². The SMILES string of the molecule is N#Cc1ccc(NC(=O)C(C(F)(F)F)C(F)(F)F)nc1. The fourth-order valence-corrected chi connectivity index (χ4v) is 1.22. The molecule has 108 valence electrons. The molecule has 0 saturated heterocycles. The molecule has 0 spiro atoms. The van der Waals surface area contributed by atoms with Crippen molar-refractivity contribution < 1.29 is 31.1 Å². The lowest BCUT2D eigenvalue weighted by Crippen LogP contribution is -2.45. The molecule has 0 bridgehead atoms. The molecule has 1 amide bonds. The van der Waals surface area contributed by atoms with Crippen molar-refractivity contribution in [1.82, 2.24) is 4.98 Å². The maximum absolute atomic E-state index is 12.2. The number of amides is 1. The van der Waals surface area contributed by atoms with E-state index in [-0.39, 0.29) is 5.56 Å². The average molecular weight is 297 g/mol. The quantitative estimate of drug-likeness (QED) is 0.853. The Morgan fingerprint density at radius 1 is 1.20 bits per heavy atom. The van der Waals surface area contributed by atoms with Crippen molar-refractivity contribution in [2.24, 2.45) is 5.92 Å². The number of rotatable bonds is 2. The van der Waals surface area contributed by atoms with E-state index in [0.717, 1.165) is 18.3 Å². The molecule has 0 saturated carbocycles. The lowest BCUT2D eigenvalue weighted by atomic mass is 10.1. The molecule has 1 heterocycles. The number of nitrogens with one attached hydrogen (secondary N) is 1. The molecule has 0 aliphatic carbocycles. The van der Waals surface area contributed by atoms with E-state index in [1.54, 1.807) is 6.07 Å². The highest BCUT2D eigenvalue weighted by Crippen LogP contribution is 2.39. The molecular formula is C10H5F6N3O. The van der Waals surface area contributed by atoms with Crippen LogP contribution in [0.1, 0.15) is 5.56 Å². The number of hydrogen-bond acceptors (Lipinski definition) is 3. The van der Waals surface area contributed by atoms with Crippen LogP contribution in [0.15, 0.2) is 18.3 Å². The Labute approximate surface area is 108 Å². The summed E-state index contributed by atoms with van der Waals surface area (Å²) in [5.74, 6) is -6.96. The maximum atomic E-state index is 12.2. The van der Waals surface area contributed by atoms with Gasteiger partial charge in [-0.15, -0.1) is 0 Å². The number of carbonyl (C=O) groups excluding carboxylic acids is 1. The monoisotopic (exact) mass is 297 g/mol. The third kappa shape index (κ3) is 3.84. The van der Waals surface area contributed by atoms with Gasteiger partial charge in [0.2, 0.25) is 11.8 Å². The Morgan fingerprint density at radius 3 is 2.10 bits per heavy atom. The Bertz CT molecular complexity index is 514. The van der Waals surface area contributed by atoms with Crippen molar-refractivity contribution in [2.45, 2.75) is 12.4 Å². The second kappa shape index (κ2) is 5.36. The van der Waals surface area contributed by atoms with Gasteiger partial charge < -0.3 is 5.32 Å². The first-order valence-corrected chi connectivity index (χ1v) is 4.86. The molecular weight excluding hydrogens is 292 g/mol. The van der Waals surface area contributed by atoms with Crippen molar-refractivity contribution in [2.75, 3.05) is 5.32 Å². The van der Waals surface area contributed by atoms with Gasteiger partial charge in [-0.1, -0.05) is 0 Å². The average Bonchev–Trinajstić information content (AvgIpc) is 2.25. The number of nitriles is 1. The largest absolute Gasteiger partial charge is 0.409 e. The molecule has 0 fully saturated rings. The second-order valence-electron chi connectivity index (χ2n) is 3.55. The van der Waals surface area contributed by atoms with Crippen LogP contribution >= 0.6 is 0 Å². The van der Waals surface area contributed by atoms with E-state index in [9.17, 15) is 31.1 Å². The third-order valence-corrected chi connectivity index (χ3v) is 2.06. The molecule has 1 N–H and O–H groups in total. The first-order chi connectivity index (χ1) is 9.05. The van der Waals surface area contributed by atoms with Crippen molar-refractivity contribution in [3.63, 3.8) is 0 Å². The van der Waals surface area contributed by atoms with Crippen LogP contribution in [-0.4, -0.2) is 23.2 Å². The van der Waals surface area contributed by atoms with Gasteiger partial charge in [0, 0.05) is 6.20 Å². The summed E-state index contributed by atoms with van der Waals surface area (Å²) in [7, 11) is 0. The zero-order valence-corrected chi connectivity index (χ0v) is 9.38. The Balaban J connectivity index is 2.95. The topological polar surface area (TPSA) is 65.8 Å². The molecule has 0 unspecified atom stereocenters. The maximum Gasteiger partial charge on any atom is 0.409 e. The molecule has 20 heavy (non-hydrogen) atoms. The zero-order chi connectivity index (χ0) is 15.6. The minimum absolute atomic E-state index is 0.0335. The van der Waals surface area contributed by atoms with E-state index in [2.05, 4.69) is 4.98 Å². The van der Waals surface area contributed by atoms with Crippen LogP contribution in [0.3, 0.4) is 0 Å². The summed E-state index contributed by atoms with van der Waals surface area (Å²) in [5, 5.41) is 9.84. The normalized spacial score (nSPS) is 12.1. The van der Waals surface area contributed by atoms with E-state index in [1.165, 1.54) is 5.32 Å². The Kier molecular flexibility index (Phi) is 4.22. The number of hydrogen-bond donors (Lipinski definition) is 1. The fraction of sp³-hybridized carbons (Fsp3) is 0.300. The van der Waals surface area contributed by atoms with E-state index in [1.807, 2.05) is 0 Å². The fourth-order valence-electron chi connectivity index (χ4n) is 1.22. The Morgan fingerprint density at radius 2 is 1.75 bits per heavy atom. The van der Waals surface area contributed by atoms with E-state index in [0.29, 0.717) is 0 Å². The molecule has 0 radical (unpaired) electrons. The first kappa shape index (κ1) is 15.7. The number of carbonyl (C=O) groups is 1. The summed E-state index contributed by atoms with van der Waals surface area (Å²) in [6, 6.07) is 3.64. The van der Waals surface area contributed by atoms with E-state index >= 15 is 0 Å². The minimum Gasteiger partial charge on any atom is -0.310 e. The Hall–Kier alpha value is -2.31. The van der Waals surface area contributed by atoms with E-state index in [4.69, 9.17) is 5.26 Å². The minimum atomic E-state index is -5.77. The zero-order valence-electron chi connectivity index (χ0n) is 9.38. The second-order valence-corrected chi connectivity index (χ2v) is 3.55. The standard InChI is InChI=1S/C10H5F6N3O/c11-9(12,13)7(10(14,15)16)8(20)19-6-2-1-5(3-17)4-18-6/h1-2,4,7H,(H,18,19,20). The molecule has 0 atom stereocenters. The molecule has 10 heteroatoms. The van der Waals surface area contributed by atoms with Crippen LogP contribution in [0.4, 0.5) is 32.2 Å². The lowest BCUT2D eigenvalue weighted by molar-refractivity contribution is -0.272. The number of aromatic nitrogens is 1. The highest BCUT2D eigenvalue weighted by Gasteiger charge is 2.61. The molecule has 1 rings (SSSR count). The van der Waals surface area contributed by atoms with Crippen molar-refractivity contribution in [3.05, 3.63) is 23.9 Å². The number of halogens is 6. The molecule has 0 aromatic carbocycles. The number of alkyl halides is 6. The van der Waals surface area contributed by atoms with Crippen LogP contribution in [0.25, 0.3) is 0 Å². The van der Waals surface area contributed by atoms with Crippen LogP contribution in [0, 0.1) is 17.2 Å². The van der Waals surface area contributed by atoms with Crippen molar-refractivity contribution >= 4 is 11.7 Å². The predicted octanol–water partition coefficient (Wildman–Crippen LogP) is 2.63. The third-order valence-electron chi connectivity index (χ3n) is 2.06. The summed E-state index contributed by atoms with van der Waals surface area (Å²) >= 11 is 0. The van der Waals surface area contributed by atoms with Crippen molar-refractivity contribution in [3.8, 4) is 6.07 Å². The van der Waals surface area contributed by atoms with Gasteiger partial charge >= 0.3 is 12.4 Å². The van der Waals surface area contributed by atoms with Gasteiger partial charge in [0.15, 0.2) is 0 Å². The number of pyridine rings is 1. The van der Waals surface area contributed by atoms with E-state index < -0.39 is 30.0 Å². The van der Waals surface area contributed by atoms with Gasteiger partial charge in [-0.3, -0.25) is 4.79 Å². The van der Waals surface area contributed by atoms with Gasteiger partial charge in [-0.25, -0.2) is 4.98 Å². The van der Waals surface area contributed by atoms with Crippen LogP contribution in [0.2, 0.25) is 0 Å². The van der Waals surface area contributed by atoms with Crippen LogP contribution < -0.4 is 5.32 Å². The van der Waals surface area contributed by atoms with Crippen molar-refractivity contribution in [1.29, 1.82) is 5.26 Å². The number of anilines is 1. The summed E-state index contributed by atoms with van der Waals surface area (Å²) < 4.78 is 73.5. The highest BCUT2D eigenvalue weighted by molar-refractivity contribution is 5.92. The van der Waals surface area contributed by atoms with Gasteiger partial charge in [0.05, 0.1) is 5.56 Å². The highest BCUT2D eigenvalue weighted by atomic mass is 19.4. The smallest absolute Gasteiger partial charge is 0.310 e. The van der Waals surface area contributed by atoms with Gasteiger partial charge in [-0.05, 0) is 12.1 Å². The first-order valence-electron chi connectivity index (χ1n) is 4.86. The predicted molar refractivity (Wildman–Crippen MR) is 53.2 cm³/mol. The molecule has 1 aromatic rings. The van der Waals surface area contributed by atoms with Crippen LogP contribution in [-0.2, 0) is 4.79 Å². The number of nitrogens with zero attached hydrogens (tertiary/aromatic N) is 2. The van der Waals surface area contributed by atoms with Gasteiger partial charge in [0.25, 0.3) is 0 Å².